The van der Waals surface area contributed by atoms with Crippen LogP contribution in [0.2, 0.25) is 0 Å². The third-order valence-corrected chi connectivity index (χ3v) is 7.08. The van der Waals surface area contributed by atoms with Crippen LogP contribution in [0.5, 0.6) is 0 Å². The number of fused-ring (bicyclic) bond motifs is 1. The molecule has 2 fully saturated rings. The van der Waals surface area contributed by atoms with E-state index in [0.717, 1.165) is 68.0 Å². The number of hydrogen-bond acceptors (Lipinski definition) is 5. The van der Waals surface area contributed by atoms with Gasteiger partial charge in [0.05, 0.1) is 17.4 Å². The number of likely N-dealkylation sites (tertiary alicyclic amines) is 1. The first-order chi connectivity index (χ1) is 15.5. The highest BCUT2D eigenvalue weighted by Crippen LogP contribution is 2.31. The molecule has 2 N–H and O–H groups in total. The van der Waals surface area contributed by atoms with E-state index >= 15 is 0 Å². The van der Waals surface area contributed by atoms with Gasteiger partial charge in [-0.15, -0.1) is 0 Å². The van der Waals surface area contributed by atoms with Crippen LogP contribution in [0.3, 0.4) is 0 Å². The number of carbonyl (C=O) groups is 1. The van der Waals surface area contributed by atoms with Crippen LogP contribution in [-0.4, -0.2) is 64.4 Å². The number of rotatable bonds is 4. The van der Waals surface area contributed by atoms with E-state index in [1.165, 1.54) is 0 Å². The molecule has 3 aromatic rings. The van der Waals surface area contributed by atoms with Crippen molar-refractivity contribution in [3.63, 3.8) is 0 Å². The Morgan fingerprint density at radius 3 is 2.66 bits per heavy atom. The summed E-state index contributed by atoms with van der Waals surface area (Å²) in [6.45, 7) is 6.00. The lowest BCUT2D eigenvalue weighted by atomic mass is 10.0. The summed E-state index contributed by atoms with van der Waals surface area (Å²) < 4.78 is 1.74. The molecule has 0 bridgehead atoms. The molecule has 2 aliphatic rings. The summed E-state index contributed by atoms with van der Waals surface area (Å²) in [5, 5.41) is 2.60. The lowest BCUT2D eigenvalue weighted by Gasteiger charge is -2.37. The molecular weight excluding hydrogens is 404 g/mol. The number of pyridine rings is 1. The van der Waals surface area contributed by atoms with Gasteiger partial charge in [0.1, 0.15) is 5.69 Å². The first kappa shape index (κ1) is 20.8. The van der Waals surface area contributed by atoms with Crippen molar-refractivity contribution in [2.24, 2.45) is 0 Å². The van der Waals surface area contributed by atoms with Gasteiger partial charge in [0.25, 0.3) is 5.91 Å². The molecule has 32 heavy (non-hydrogen) atoms. The summed E-state index contributed by atoms with van der Waals surface area (Å²) in [5.41, 5.74) is 4.48. The topological polar surface area (TPSA) is 85.7 Å². The molecule has 8 heteroatoms. The molecule has 0 radical (unpaired) electrons. The van der Waals surface area contributed by atoms with Crippen molar-refractivity contribution in [2.75, 3.05) is 38.1 Å². The number of H-pyrrole nitrogens is 1. The van der Waals surface area contributed by atoms with Crippen molar-refractivity contribution in [1.82, 2.24) is 24.6 Å². The molecule has 1 atom stereocenters. The summed E-state index contributed by atoms with van der Waals surface area (Å²) in [4.78, 5) is 36.6. The molecule has 8 nitrogen and oxygen atoms in total. The quantitative estimate of drug-likeness (QED) is 0.657. The average molecular weight is 435 g/mol. The predicted octanol–water partition coefficient (Wildman–Crippen LogP) is 2.15. The fourth-order valence-electron chi connectivity index (χ4n) is 5.24. The van der Waals surface area contributed by atoms with Gasteiger partial charge in [-0.2, -0.15) is 0 Å². The zero-order valence-corrected chi connectivity index (χ0v) is 18.7. The van der Waals surface area contributed by atoms with E-state index in [2.05, 4.69) is 31.2 Å². The van der Waals surface area contributed by atoms with E-state index in [-0.39, 0.29) is 11.6 Å². The van der Waals surface area contributed by atoms with Gasteiger partial charge in [-0.1, -0.05) is 0 Å². The number of aromatic nitrogens is 3. The predicted molar refractivity (Wildman–Crippen MR) is 125 cm³/mol. The Morgan fingerprint density at radius 1 is 1.12 bits per heavy atom. The molecule has 0 saturated carbocycles. The molecule has 5 heterocycles. The molecule has 0 aromatic carbocycles. The van der Waals surface area contributed by atoms with Crippen molar-refractivity contribution in [3.8, 4) is 0 Å². The van der Waals surface area contributed by atoms with Crippen molar-refractivity contribution in [2.45, 2.75) is 38.1 Å². The van der Waals surface area contributed by atoms with Crippen molar-refractivity contribution in [1.29, 1.82) is 0 Å². The zero-order chi connectivity index (χ0) is 22.2. The lowest BCUT2D eigenvalue weighted by molar-refractivity contribution is 0.0958. The van der Waals surface area contributed by atoms with Crippen molar-refractivity contribution < 1.29 is 4.79 Å². The maximum absolute atomic E-state index is 12.5. The van der Waals surface area contributed by atoms with Gasteiger partial charge in [-0.05, 0) is 63.1 Å². The lowest BCUT2D eigenvalue weighted by Crippen LogP contribution is -2.44. The minimum Gasteiger partial charge on any atom is -0.370 e. The molecule has 0 spiro atoms. The first-order valence-corrected chi connectivity index (χ1v) is 11.4. The smallest absolute Gasteiger partial charge is 0.330 e. The minimum absolute atomic E-state index is 0.0391. The average Bonchev–Trinajstić information content (AvgIpc) is 3.46. The summed E-state index contributed by atoms with van der Waals surface area (Å²) in [6, 6.07) is 10.5. The van der Waals surface area contributed by atoms with Crippen LogP contribution < -0.4 is 15.9 Å². The van der Waals surface area contributed by atoms with Gasteiger partial charge in [-0.25, -0.2) is 9.78 Å². The Balaban J connectivity index is 1.20. The van der Waals surface area contributed by atoms with Crippen LogP contribution >= 0.6 is 0 Å². The van der Waals surface area contributed by atoms with Crippen molar-refractivity contribution in [3.05, 3.63) is 64.1 Å². The molecule has 1 unspecified atom stereocenters. The van der Waals surface area contributed by atoms with Gasteiger partial charge in [0, 0.05) is 50.0 Å². The number of aryl methyl sites for hydroxylation is 1. The minimum atomic E-state index is -0.161. The molecule has 168 valence electrons. The highest BCUT2D eigenvalue weighted by Gasteiger charge is 2.32. The van der Waals surface area contributed by atoms with E-state index in [9.17, 15) is 9.59 Å². The molecule has 5 rings (SSSR count). The van der Waals surface area contributed by atoms with Crippen LogP contribution in [0.4, 0.5) is 5.69 Å². The summed E-state index contributed by atoms with van der Waals surface area (Å²) in [5.74, 6) is 0.217. The zero-order valence-electron chi connectivity index (χ0n) is 18.7. The normalized spacial score (nSPS) is 20.2. The highest BCUT2D eigenvalue weighted by molar-refractivity contribution is 5.92. The second kappa shape index (κ2) is 8.43. The van der Waals surface area contributed by atoms with Crippen LogP contribution in [0.25, 0.3) is 5.52 Å². The fraction of sp³-hybridized carbons (Fsp3) is 0.458. The summed E-state index contributed by atoms with van der Waals surface area (Å²) in [7, 11) is 1.61. The maximum Gasteiger partial charge on any atom is 0.330 e. The number of amides is 1. The molecule has 2 saturated heterocycles. The third kappa shape index (κ3) is 3.79. The largest absolute Gasteiger partial charge is 0.370 e. The Kier molecular flexibility index (Phi) is 5.46. The maximum atomic E-state index is 12.5. The number of aromatic amines is 1. The molecule has 2 aliphatic heterocycles. The van der Waals surface area contributed by atoms with Gasteiger partial charge in [0.15, 0.2) is 0 Å². The Hall–Kier alpha value is -3.13. The Labute approximate surface area is 187 Å². The third-order valence-electron chi connectivity index (χ3n) is 7.08. The van der Waals surface area contributed by atoms with E-state index in [4.69, 9.17) is 0 Å². The first-order valence-electron chi connectivity index (χ1n) is 11.4. The highest BCUT2D eigenvalue weighted by atomic mass is 16.2. The van der Waals surface area contributed by atoms with Crippen LogP contribution in [0, 0.1) is 6.92 Å². The number of nitrogens with one attached hydrogen (secondary N) is 2. The number of carbonyl (C=O) groups excluding carboxylic acids is 1. The second-order valence-electron chi connectivity index (χ2n) is 8.94. The van der Waals surface area contributed by atoms with Gasteiger partial charge >= 0.3 is 5.69 Å². The standard InChI is InChI=1S/C24H30N6O2/c1-16-3-4-19-13-22(27-24(32)30(16)19)17-7-10-29(15-17)18-8-11-28(12-9-18)20-5-6-21(26-14-20)23(31)25-2/h3-6,13-14,17-18H,7-12,15H2,1-2H3,(H,25,31)(H,27,32). The molecular formula is C24H30N6O2. The number of nitrogens with zero attached hydrogens (tertiary/aromatic N) is 4. The van der Waals surface area contributed by atoms with Crippen molar-refractivity contribution >= 4 is 17.1 Å². The van der Waals surface area contributed by atoms with Gasteiger partial charge in [-0.3, -0.25) is 14.1 Å². The van der Waals surface area contributed by atoms with E-state index in [1.54, 1.807) is 23.7 Å². The van der Waals surface area contributed by atoms with Gasteiger partial charge < -0.3 is 15.2 Å². The van der Waals surface area contributed by atoms with Crippen LogP contribution in [-0.2, 0) is 0 Å². The SMILES string of the molecule is CNC(=O)c1ccc(N2CCC(N3CCC(c4cc5ccc(C)n5c(=O)[nH]4)C3)CC2)cn1. The Morgan fingerprint density at radius 2 is 1.94 bits per heavy atom. The van der Waals surface area contributed by atoms with E-state index in [0.29, 0.717) is 17.7 Å². The molecule has 1 amide bonds. The summed E-state index contributed by atoms with van der Waals surface area (Å²) >= 11 is 0. The number of anilines is 1. The number of piperidine rings is 1. The van der Waals surface area contributed by atoms with E-state index < -0.39 is 0 Å². The van der Waals surface area contributed by atoms with E-state index in [1.807, 2.05) is 25.1 Å². The summed E-state index contributed by atoms with van der Waals surface area (Å²) in [6.07, 6.45) is 5.10. The number of hydrogen-bond donors (Lipinski definition) is 2. The Bertz CT molecular complexity index is 1170. The molecule has 0 aliphatic carbocycles. The van der Waals surface area contributed by atoms with Crippen LogP contribution in [0.1, 0.15) is 47.1 Å². The second-order valence-corrected chi connectivity index (χ2v) is 8.94. The fourth-order valence-corrected chi connectivity index (χ4v) is 5.24. The molecule has 3 aromatic heterocycles. The van der Waals surface area contributed by atoms with Crippen LogP contribution in [0.15, 0.2) is 41.3 Å². The monoisotopic (exact) mass is 434 g/mol. The van der Waals surface area contributed by atoms with Gasteiger partial charge in [0.2, 0.25) is 0 Å².